The van der Waals surface area contributed by atoms with Crippen molar-refractivity contribution in [3.8, 4) is 11.5 Å². The Hall–Kier alpha value is -2.63. The lowest BCUT2D eigenvalue weighted by molar-refractivity contribution is 0.0663. The van der Waals surface area contributed by atoms with Gasteiger partial charge in [0.2, 0.25) is 11.7 Å². The molecule has 2 aromatic heterocycles. The third kappa shape index (κ3) is 1.46. The third-order valence-electron chi connectivity index (χ3n) is 2.61. The van der Waals surface area contributed by atoms with Gasteiger partial charge < -0.3 is 14.5 Å². The Kier molecular flexibility index (Phi) is 2.16. The van der Waals surface area contributed by atoms with Crippen molar-refractivity contribution in [3.05, 3.63) is 42.2 Å². The second-order valence-corrected chi connectivity index (χ2v) is 3.70. The van der Waals surface area contributed by atoms with Gasteiger partial charge in [0.25, 0.3) is 0 Å². The van der Waals surface area contributed by atoms with Crippen LogP contribution in [0.4, 0.5) is 4.39 Å². The van der Waals surface area contributed by atoms with E-state index in [2.05, 4.69) is 9.97 Å². The van der Waals surface area contributed by atoms with Gasteiger partial charge in [-0.15, -0.1) is 0 Å². The number of hydrogen-bond donors (Lipinski definition) is 2. The maximum absolute atomic E-state index is 13.5. The Labute approximate surface area is 99.9 Å². The molecule has 0 radical (unpaired) electrons. The first-order valence-electron chi connectivity index (χ1n) is 5.12. The molecule has 6 heteroatoms. The van der Waals surface area contributed by atoms with Gasteiger partial charge in [0.1, 0.15) is 5.82 Å². The largest absolute Gasteiger partial charge is 0.475 e. The number of nitrogens with one attached hydrogen (secondary N) is 1. The SMILES string of the molecule is O=C(O)c1cnc(-c2c[nH]c3c(F)cccc23)o1. The van der Waals surface area contributed by atoms with Crippen molar-refractivity contribution in [1.29, 1.82) is 0 Å². The number of oxazole rings is 1. The molecule has 0 saturated carbocycles. The number of para-hydroxylation sites is 1. The standard InChI is InChI=1S/C12H7FN2O3/c13-8-3-1-2-6-7(4-14-10(6)8)11-15-5-9(18-11)12(16)17/h1-5,14H,(H,16,17). The molecule has 0 atom stereocenters. The number of H-pyrrole nitrogens is 1. The molecule has 3 aromatic rings. The van der Waals surface area contributed by atoms with E-state index in [1.54, 1.807) is 12.1 Å². The molecule has 0 aliphatic carbocycles. The predicted molar refractivity (Wildman–Crippen MR) is 60.7 cm³/mol. The maximum atomic E-state index is 13.5. The summed E-state index contributed by atoms with van der Waals surface area (Å²) in [5.41, 5.74) is 0.861. The Bertz CT molecular complexity index is 745. The van der Waals surface area contributed by atoms with Crippen molar-refractivity contribution in [3.63, 3.8) is 0 Å². The summed E-state index contributed by atoms with van der Waals surface area (Å²) in [6.45, 7) is 0. The zero-order chi connectivity index (χ0) is 12.7. The van der Waals surface area contributed by atoms with Gasteiger partial charge in [-0.3, -0.25) is 0 Å². The molecular weight excluding hydrogens is 239 g/mol. The fourth-order valence-electron chi connectivity index (χ4n) is 1.79. The zero-order valence-electron chi connectivity index (χ0n) is 8.98. The Morgan fingerprint density at radius 1 is 1.44 bits per heavy atom. The smallest absolute Gasteiger partial charge is 0.373 e. The normalized spacial score (nSPS) is 10.9. The lowest BCUT2D eigenvalue weighted by atomic mass is 10.2. The van der Waals surface area contributed by atoms with E-state index in [1.165, 1.54) is 12.3 Å². The highest BCUT2D eigenvalue weighted by Gasteiger charge is 2.16. The van der Waals surface area contributed by atoms with E-state index in [1.807, 2.05) is 0 Å². The van der Waals surface area contributed by atoms with Crippen LogP contribution in [0, 0.1) is 5.82 Å². The Balaban J connectivity index is 2.19. The molecule has 90 valence electrons. The van der Waals surface area contributed by atoms with E-state index in [9.17, 15) is 9.18 Å². The number of benzene rings is 1. The zero-order valence-corrected chi connectivity index (χ0v) is 8.98. The van der Waals surface area contributed by atoms with Crippen LogP contribution in [0.1, 0.15) is 10.6 Å². The second kappa shape index (κ2) is 3.69. The van der Waals surface area contributed by atoms with Crippen LogP contribution in [0.2, 0.25) is 0 Å². The highest BCUT2D eigenvalue weighted by atomic mass is 19.1. The van der Waals surface area contributed by atoms with Gasteiger partial charge in [0.15, 0.2) is 0 Å². The number of carbonyl (C=O) groups is 1. The molecule has 1 aromatic carbocycles. The number of aromatic carboxylic acids is 1. The number of rotatable bonds is 2. The monoisotopic (exact) mass is 246 g/mol. The van der Waals surface area contributed by atoms with Crippen molar-refractivity contribution in [2.75, 3.05) is 0 Å². The molecule has 5 nitrogen and oxygen atoms in total. The van der Waals surface area contributed by atoms with Crippen LogP contribution < -0.4 is 0 Å². The van der Waals surface area contributed by atoms with E-state index in [0.29, 0.717) is 16.5 Å². The highest BCUT2D eigenvalue weighted by molar-refractivity contribution is 5.94. The molecule has 0 fully saturated rings. The van der Waals surface area contributed by atoms with Crippen molar-refractivity contribution in [2.24, 2.45) is 0 Å². The first kappa shape index (κ1) is 10.5. The van der Waals surface area contributed by atoms with Crippen LogP contribution >= 0.6 is 0 Å². The first-order chi connectivity index (χ1) is 8.66. The number of fused-ring (bicyclic) bond motifs is 1. The fraction of sp³-hybridized carbons (Fsp3) is 0. The van der Waals surface area contributed by atoms with E-state index < -0.39 is 5.97 Å². The first-order valence-corrected chi connectivity index (χ1v) is 5.12. The fourth-order valence-corrected chi connectivity index (χ4v) is 1.79. The van der Waals surface area contributed by atoms with E-state index in [-0.39, 0.29) is 17.5 Å². The minimum atomic E-state index is -1.19. The molecule has 0 unspecified atom stereocenters. The summed E-state index contributed by atoms with van der Waals surface area (Å²) in [5.74, 6) is -1.69. The molecular formula is C12H7FN2O3. The number of carboxylic acids is 1. The molecule has 3 rings (SSSR count). The summed E-state index contributed by atoms with van der Waals surface area (Å²) in [7, 11) is 0. The molecule has 0 aliphatic rings. The van der Waals surface area contributed by atoms with Crippen LogP contribution in [-0.2, 0) is 0 Å². The van der Waals surface area contributed by atoms with Crippen molar-refractivity contribution >= 4 is 16.9 Å². The van der Waals surface area contributed by atoms with Crippen molar-refractivity contribution < 1.29 is 18.7 Å². The maximum Gasteiger partial charge on any atom is 0.373 e. The number of nitrogens with zero attached hydrogens (tertiary/aromatic N) is 1. The molecule has 0 saturated heterocycles. The molecule has 2 heterocycles. The molecule has 0 bridgehead atoms. The summed E-state index contributed by atoms with van der Waals surface area (Å²) in [4.78, 5) is 17.3. The number of carboxylic acid groups (broad SMARTS) is 1. The van der Waals surface area contributed by atoms with Gasteiger partial charge in [0, 0.05) is 11.6 Å². The predicted octanol–water partition coefficient (Wildman–Crippen LogP) is 2.66. The summed E-state index contributed by atoms with van der Waals surface area (Å²) in [6, 6.07) is 4.60. The van der Waals surface area contributed by atoms with E-state index in [0.717, 1.165) is 6.20 Å². The molecule has 0 spiro atoms. The summed E-state index contributed by atoms with van der Waals surface area (Å²) in [6.07, 6.45) is 2.65. The van der Waals surface area contributed by atoms with Gasteiger partial charge in [-0.1, -0.05) is 12.1 Å². The average molecular weight is 246 g/mol. The Morgan fingerprint density at radius 2 is 2.28 bits per heavy atom. The van der Waals surface area contributed by atoms with Crippen LogP contribution in [0.15, 0.2) is 35.0 Å². The molecule has 0 amide bonds. The van der Waals surface area contributed by atoms with Gasteiger partial charge in [-0.25, -0.2) is 14.2 Å². The summed E-state index contributed by atoms with van der Waals surface area (Å²) in [5, 5.41) is 9.34. The van der Waals surface area contributed by atoms with E-state index >= 15 is 0 Å². The lowest BCUT2D eigenvalue weighted by Gasteiger charge is -1.94. The van der Waals surface area contributed by atoms with Gasteiger partial charge >= 0.3 is 5.97 Å². The molecule has 0 aliphatic heterocycles. The van der Waals surface area contributed by atoms with Gasteiger partial charge in [-0.05, 0) is 6.07 Å². The second-order valence-electron chi connectivity index (χ2n) is 3.70. The van der Waals surface area contributed by atoms with Crippen molar-refractivity contribution in [2.45, 2.75) is 0 Å². The quantitative estimate of drug-likeness (QED) is 0.728. The third-order valence-corrected chi connectivity index (χ3v) is 2.61. The summed E-state index contributed by atoms with van der Waals surface area (Å²) >= 11 is 0. The summed E-state index contributed by atoms with van der Waals surface area (Å²) < 4.78 is 18.6. The Morgan fingerprint density at radius 3 is 3.00 bits per heavy atom. The van der Waals surface area contributed by atoms with Crippen LogP contribution in [0.3, 0.4) is 0 Å². The number of aromatic nitrogens is 2. The minimum Gasteiger partial charge on any atom is -0.475 e. The number of hydrogen-bond acceptors (Lipinski definition) is 3. The van der Waals surface area contributed by atoms with Gasteiger partial charge in [-0.2, -0.15) is 0 Å². The van der Waals surface area contributed by atoms with E-state index in [4.69, 9.17) is 9.52 Å². The highest BCUT2D eigenvalue weighted by Crippen LogP contribution is 2.29. The number of halogens is 1. The van der Waals surface area contributed by atoms with Crippen molar-refractivity contribution in [1.82, 2.24) is 9.97 Å². The lowest BCUT2D eigenvalue weighted by Crippen LogP contribution is -1.91. The minimum absolute atomic E-state index is 0.143. The molecule has 18 heavy (non-hydrogen) atoms. The van der Waals surface area contributed by atoms with Crippen LogP contribution in [0.25, 0.3) is 22.4 Å². The van der Waals surface area contributed by atoms with Gasteiger partial charge in [0.05, 0.1) is 17.3 Å². The van der Waals surface area contributed by atoms with Crippen LogP contribution in [0.5, 0.6) is 0 Å². The molecule has 2 N–H and O–H groups in total. The number of aromatic amines is 1. The average Bonchev–Trinajstić information content (AvgIpc) is 2.94. The topological polar surface area (TPSA) is 79.1 Å². The van der Waals surface area contributed by atoms with Crippen LogP contribution in [-0.4, -0.2) is 21.0 Å².